The van der Waals surface area contributed by atoms with E-state index in [0.29, 0.717) is 36.1 Å². The molecular weight excluding hydrogens is 364 g/mol. The van der Waals surface area contributed by atoms with Crippen LogP contribution in [0.25, 0.3) is 0 Å². The third-order valence-electron chi connectivity index (χ3n) is 4.22. The van der Waals surface area contributed by atoms with Crippen molar-refractivity contribution in [3.8, 4) is 0 Å². The second kappa shape index (κ2) is 6.85. The molecule has 3 heterocycles. The first-order valence-corrected chi connectivity index (χ1v) is 10.4. The summed E-state index contributed by atoms with van der Waals surface area (Å²) in [6.45, 7) is 5.96. The van der Waals surface area contributed by atoms with Crippen molar-refractivity contribution in [2.24, 2.45) is 0 Å². The van der Waals surface area contributed by atoms with Crippen LogP contribution in [-0.4, -0.2) is 41.1 Å². The molecule has 0 saturated heterocycles. The monoisotopic (exact) mass is 384 g/mol. The predicted molar refractivity (Wildman–Crippen MR) is 94.0 cm³/mol. The van der Waals surface area contributed by atoms with Gasteiger partial charge in [0.2, 0.25) is 15.9 Å². The summed E-state index contributed by atoms with van der Waals surface area (Å²) in [6.07, 6.45) is 0.729. The van der Waals surface area contributed by atoms with E-state index in [1.807, 2.05) is 0 Å². The molecule has 0 aromatic carbocycles. The Labute approximate surface area is 150 Å². The molecule has 136 valence electrons. The molecule has 0 saturated carbocycles. The van der Waals surface area contributed by atoms with Gasteiger partial charge < -0.3 is 9.84 Å². The van der Waals surface area contributed by atoms with E-state index in [1.54, 1.807) is 20.8 Å². The second-order valence-corrected chi connectivity index (χ2v) is 9.24. The number of aryl methyl sites for hydroxylation is 2. The highest BCUT2D eigenvalue weighted by Crippen LogP contribution is 2.29. The number of sulfonamides is 1. The molecule has 0 fully saturated rings. The Kier molecular flexibility index (Phi) is 4.94. The molecular formula is C15H20N4O4S2. The number of hydrogen-bond acceptors (Lipinski definition) is 7. The van der Waals surface area contributed by atoms with Crippen LogP contribution < -0.4 is 5.32 Å². The standard InChI is InChI=1S/C15H20N4O4S2/c1-4-25(21,22)19-6-5-12-13(8-19)24-15(16-12)17-14(20)7-11-9(2)18-23-10(11)3/h4-8H2,1-3H3,(H,16,17,20). The van der Waals surface area contributed by atoms with Gasteiger partial charge in [0.15, 0.2) is 5.13 Å². The van der Waals surface area contributed by atoms with Crippen LogP contribution in [0.3, 0.4) is 0 Å². The van der Waals surface area contributed by atoms with Crippen LogP contribution in [0.15, 0.2) is 4.52 Å². The summed E-state index contributed by atoms with van der Waals surface area (Å²) < 4.78 is 30.6. The van der Waals surface area contributed by atoms with E-state index in [9.17, 15) is 13.2 Å². The first kappa shape index (κ1) is 18.0. The van der Waals surface area contributed by atoms with Crippen LogP contribution in [-0.2, 0) is 34.2 Å². The number of nitrogens with zero attached hydrogens (tertiary/aromatic N) is 3. The van der Waals surface area contributed by atoms with Gasteiger partial charge >= 0.3 is 0 Å². The average Bonchev–Trinajstić information content (AvgIpc) is 3.11. The number of fused-ring (bicyclic) bond motifs is 1. The van der Waals surface area contributed by atoms with Crippen molar-refractivity contribution in [1.29, 1.82) is 0 Å². The van der Waals surface area contributed by atoms with Gasteiger partial charge in [-0.25, -0.2) is 13.4 Å². The summed E-state index contributed by atoms with van der Waals surface area (Å²) in [5.41, 5.74) is 2.34. The van der Waals surface area contributed by atoms with E-state index in [2.05, 4.69) is 15.5 Å². The van der Waals surface area contributed by atoms with Crippen LogP contribution in [0.5, 0.6) is 0 Å². The number of carbonyl (C=O) groups is 1. The van der Waals surface area contributed by atoms with Gasteiger partial charge in [0, 0.05) is 30.0 Å². The van der Waals surface area contributed by atoms with Gasteiger partial charge in [-0.2, -0.15) is 4.31 Å². The van der Waals surface area contributed by atoms with Gasteiger partial charge in [-0.05, 0) is 20.8 Å². The number of rotatable bonds is 5. The summed E-state index contributed by atoms with van der Waals surface area (Å²) >= 11 is 1.33. The molecule has 1 N–H and O–H groups in total. The number of carbonyl (C=O) groups excluding carboxylic acids is 1. The van der Waals surface area contributed by atoms with Crippen molar-refractivity contribution in [1.82, 2.24) is 14.4 Å². The zero-order chi connectivity index (χ0) is 18.2. The maximum Gasteiger partial charge on any atom is 0.230 e. The molecule has 3 rings (SSSR count). The molecule has 0 atom stereocenters. The van der Waals surface area contributed by atoms with Crippen molar-refractivity contribution >= 4 is 32.4 Å². The third-order valence-corrected chi connectivity index (χ3v) is 7.05. The number of hydrogen-bond donors (Lipinski definition) is 1. The Bertz CT molecular complexity index is 881. The average molecular weight is 384 g/mol. The van der Waals surface area contributed by atoms with E-state index in [0.717, 1.165) is 16.1 Å². The van der Waals surface area contributed by atoms with Gasteiger partial charge in [0.1, 0.15) is 5.76 Å². The Morgan fingerprint density at radius 3 is 2.80 bits per heavy atom. The van der Waals surface area contributed by atoms with Crippen LogP contribution in [0, 0.1) is 13.8 Å². The number of aromatic nitrogens is 2. The highest BCUT2D eigenvalue weighted by molar-refractivity contribution is 7.89. The van der Waals surface area contributed by atoms with Crippen molar-refractivity contribution in [2.75, 3.05) is 17.6 Å². The quantitative estimate of drug-likeness (QED) is 0.840. The maximum absolute atomic E-state index is 12.2. The first-order valence-electron chi connectivity index (χ1n) is 7.98. The molecule has 2 aromatic rings. The lowest BCUT2D eigenvalue weighted by Gasteiger charge is -2.24. The zero-order valence-corrected chi connectivity index (χ0v) is 16.0. The third kappa shape index (κ3) is 3.75. The number of amides is 1. The molecule has 1 aliphatic heterocycles. The minimum absolute atomic E-state index is 0.0855. The fourth-order valence-corrected chi connectivity index (χ4v) is 4.91. The van der Waals surface area contributed by atoms with E-state index in [4.69, 9.17) is 4.52 Å². The van der Waals surface area contributed by atoms with Gasteiger partial charge in [-0.15, -0.1) is 11.3 Å². The Morgan fingerprint density at radius 1 is 1.40 bits per heavy atom. The van der Waals surface area contributed by atoms with Crippen molar-refractivity contribution < 1.29 is 17.7 Å². The summed E-state index contributed by atoms with van der Waals surface area (Å²) in [5.74, 6) is 0.521. The summed E-state index contributed by atoms with van der Waals surface area (Å²) in [5, 5.41) is 7.13. The summed E-state index contributed by atoms with van der Waals surface area (Å²) in [4.78, 5) is 17.6. The van der Waals surface area contributed by atoms with Gasteiger partial charge in [-0.1, -0.05) is 5.16 Å². The SMILES string of the molecule is CCS(=O)(=O)N1CCc2nc(NC(=O)Cc3c(C)noc3C)sc2C1. The Hall–Kier alpha value is -1.78. The molecule has 25 heavy (non-hydrogen) atoms. The topological polar surface area (TPSA) is 105 Å². The Morgan fingerprint density at radius 2 is 2.16 bits per heavy atom. The molecule has 0 bridgehead atoms. The molecule has 0 aliphatic carbocycles. The smallest absolute Gasteiger partial charge is 0.230 e. The molecule has 1 amide bonds. The first-order chi connectivity index (χ1) is 11.8. The van der Waals surface area contributed by atoms with Crippen molar-refractivity contribution in [3.63, 3.8) is 0 Å². The number of anilines is 1. The summed E-state index contributed by atoms with van der Waals surface area (Å²) in [6, 6.07) is 0. The predicted octanol–water partition coefficient (Wildman–Crippen LogP) is 1.64. The normalized spacial score (nSPS) is 15.2. The fraction of sp³-hybridized carbons (Fsp3) is 0.533. The van der Waals surface area contributed by atoms with E-state index < -0.39 is 10.0 Å². The lowest BCUT2D eigenvalue weighted by molar-refractivity contribution is -0.115. The number of nitrogens with one attached hydrogen (secondary N) is 1. The molecule has 8 nitrogen and oxygen atoms in total. The van der Waals surface area contributed by atoms with Crippen LogP contribution in [0.4, 0.5) is 5.13 Å². The maximum atomic E-state index is 12.2. The second-order valence-electron chi connectivity index (χ2n) is 5.90. The largest absolute Gasteiger partial charge is 0.361 e. The van der Waals surface area contributed by atoms with E-state index in [1.165, 1.54) is 15.6 Å². The Balaban J connectivity index is 1.69. The minimum Gasteiger partial charge on any atom is -0.361 e. The van der Waals surface area contributed by atoms with Crippen molar-refractivity contribution in [2.45, 2.75) is 40.2 Å². The highest BCUT2D eigenvalue weighted by atomic mass is 32.2. The highest BCUT2D eigenvalue weighted by Gasteiger charge is 2.28. The zero-order valence-electron chi connectivity index (χ0n) is 14.3. The van der Waals surface area contributed by atoms with Crippen molar-refractivity contribution in [3.05, 3.63) is 27.6 Å². The van der Waals surface area contributed by atoms with Crippen LogP contribution in [0.1, 0.15) is 34.5 Å². The lowest BCUT2D eigenvalue weighted by Crippen LogP contribution is -2.36. The molecule has 0 radical (unpaired) electrons. The molecule has 1 aliphatic rings. The molecule has 0 unspecified atom stereocenters. The lowest BCUT2D eigenvalue weighted by atomic mass is 10.1. The summed E-state index contributed by atoms with van der Waals surface area (Å²) in [7, 11) is -3.21. The van der Waals surface area contributed by atoms with E-state index >= 15 is 0 Å². The van der Waals surface area contributed by atoms with Gasteiger partial charge in [0.25, 0.3) is 0 Å². The van der Waals surface area contributed by atoms with Crippen LogP contribution >= 0.6 is 11.3 Å². The van der Waals surface area contributed by atoms with Gasteiger partial charge in [-0.3, -0.25) is 4.79 Å². The number of thiazole rings is 1. The molecule has 10 heteroatoms. The molecule has 2 aromatic heterocycles. The van der Waals surface area contributed by atoms with Crippen LogP contribution in [0.2, 0.25) is 0 Å². The van der Waals surface area contributed by atoms with E-state index in [-0.39, 0.29) is 18.1 Å². The fourth-order valence-electron chi connectivity index (χ4n) is 2.72. The van der Waals surface area contributed by atoms with Gasteiger partial charge in [0.05, 0.1) is 23.6 Å². The molecule has 0 spiro atoms. The minimum atomic E-state index is -3.21.